The summed E-state index contributed by atoms with van der Waals surface area (Å²) < 4.78 is 46.9. The molecule has 0 aromatic heterocycles. The minimum Gasteiger partial charge on any atom is -0.444 e. The van der Waals surface area contributed by atoms with E-state index in [2.05, 4.69) is 0 Å². The molecule has 1 saturated heterocycles. The number of halogens is 4. The smallest absolute Gasteiger partial charge is 0.410 e. The molecule has 1 heterocycles. The number of alkyl halides is 2. The molecule has 0 saturated carbocycles. The number of aliphatic hydroxyl groups is 1. The van der Waals surface area contributed by atoms with Gasteiger partial charge in [-0.15, -0.1) is 0 Å². The van der Waals surface area contributed by atoms with Gasteiger partial charge in [0.1, 0.15) is 17.5 Å². The van der Waals surface area contributed by atoms with Crippen molar-refractivity contribution in [2.24, 2.45) is 0 Å². The summed E-state index contributed by atoms with van der Waals surface area (Å²) in [4.78, 5) is 12.9. The van der Waals surface area contributed by atoms with Crippen LogP contribution in [-0.4, -0.2) is 46.3 Å². The van der Waals surface area contributed by atoms with Crippen molar-refractivity contribution in [1.82, 2.24) is 4.90 Å². The summed E-state index contributed by atoms with van der Waals surface area (Å²) >= 11 is 5.69. The van der Waals surface area contributed by atoms with Gasteiger partial charge in [-0.1, -0.05) is 23.7 Å². The predicted octanol–water partition coefficient (Wildman–Crippen LogP) is 3.64. The van der Waals surface area contributed by atoms with Crippen LogP contribution in [0.3, 0.4) is 0 Å². The number of hydrogen-bond donors (Lipinski definition) is 1. The highest BCUT2D eigenvalue weighted by Crippen LogP contribution is 2.35. The quantitative estimate of drug-likeness (QED) is 0.870. The number of likely N-dealkylation sites (tertiary alicyclic amines) is 1. The molecule has 2 rings (SSSR count). The Balaban J connectivity index is 2.29. The molecule has 24 heavy (non-hydrogen) atoms. The highest BCUT2D eigenvalue weighted by Gasteiger charge is 2.56. The zero-order valence-electron chi connectivity index (χ0n) is 13.5. The molecule has 4 nitrogen and oxygen atoms in total. The molecule has 2 atom stereocenters. The number of aliphatic hydroxyl groups excluding tert-OH is 1. The molecule has 1 aliphatic rings. The molecule has 0 aliphatic carbocycles. The van der Waals surface area contributed by atoms with Crippen molar-refractivity contribution in [3.63, 3.8) is 0 Å². The van der Waals surface area contributed by atoms with E-state index < -0.39 is 42.1 Å². The zero-order chi connectivity index (χ0) is 18.3. The van der Waals surface area contributed by atoms with Crippen molar-refractivity contribution in [2.45, 2.75) is 50.9 Å². The van der Waals surface area contributed by atoms with Crippen LogP contribution in [-0.2, 0) is 11.2 Å². The first kappa shape index (κ1) is 18.9. The van der Waals surface area contributed by atoms with Crippen LogP contribution in [0.25, 0.3) is 0 Å². The van der Waals surface area contributed by atoms with Crippen LogP contribution in [0.4, 0.5) is 18.0 Å². The fourth-order valence-electron chi connectivity index (χ4n) is 2.56. The number of ether oxygens (including phenoxy) is 1. The van der Waals surface area contributed by atoms with Crippen molar-refractivity contribution < 1.29 is 27.8 Å². The number of amides is 1. The molecule has 0 bridgehead atoms. The maximum absolute atomic E-state index is 14.0. The molecule has 0 spiro atoms. The fourth-order valence-corrected chi connectivity index (χ4v) is 2.76. The summed E-state index contributed by atoms with van der Waals surface area (Å²) in [6, 6.07) is 2.85. The van der Waals surface area contributed by atoms with E-state index in [1.54, 1.807) is 20.8 Å². The third kappa shape index (κ3) is 3.95. The van der Waals surface area contributed by atoms with Gasteiger partial charge in [0, 0.05) is 0 Å². The van der Waals surface area contributed by atoms with Crippen molar-refractivity contribution in [1.29, 1.82) is 0 Å². The SMILES string of the molecule is CC(C)(C)OC(=O)N1CC(F)(F)C(O)C1Cc1cccc(Cl)c1F. The largest absolute Gasteiger partial charge is 0.444 e. The van der Waals surface area contributed by atoms with Crippen LogP contribution in [0.5, 0.6) is 0 Å². The molecular formula is C16H19ClF3NO3. The van der Waals surface area contributed by atoms with Gasteiger partial charge in [-0.3, -0.25) is 4.90 Å². The lowest BCUT2D eigenvalue weighted by atomic mass is 10.0. The summed E-state index contributed by atoms with van der Waals surface area (Å²) in [5, 5.41) is 9.74. The van der Waals surface area contributed by atoms with Crippen LogP contribution >= 0.6 is 11.6 Å². The second-order valence-electron chi connectivity index (χ2n) is 6.80. The number of carbonyl (C=O) groups excluding carboxylic acids is 1. The number of rotatable bonds is 2. The van der Waals surface area contributed by atoms with Crippen LogP contribution in [0.15, 0.2) is 18.2 Å². The second-order valence-corrected chi connectivity index (χ2v) is 7.21. The monoisotopic (exact) mass is 365 g/mol. The molecule has 1 fully saturated rings. The fraction of sp³-hybridized carbons (Fsp3) is 0.562. The average Bonchev–Trinajstić information content (AvgIpc) is 2.66. The van der Waals surface area contributed by atoms with Gasteiger partial charge in [0.25, 0.3) is 5.92 Å². The van der Waals surface area contributed by atoms with Crippen molar-refractivity contribution >= 4 is 17.7 Å². The standard InChI is InChI=1S/C16H19ClF3NO3/c1-15(2,3)24-14(23)21-8-16(19,20)13(22)11(21)7-9-5-4-6-10(17)12(9)18/h4-6,11,13,22H,7-8H2,1-3H3. The summed E-state index contributed by atoms with van der Waals surface area (Å²) in [6.45, 7) is 3.81. The van der Waals surface area contributed by atoms with E-state index in [4.69, 9.17) is 16.3 Å². The molecular weight excluding hydrogens is 347 g/mol. The van der Waals surface area contributed by atoms with E-state index in [9.17, 15) is 23.1 Å². The Morgan fingerprint density at radius 2 is 2.08 bits per heavy atom. The highest BCUT2D eigenvalue weighted by molar-refractivity contribution is 6.30. The van der Waals surface area contributed by atoms with Gasteiger partial charge in [-0.25, -0.2) is 18.0 Å². The average molecular weight is 366 g/mol. The van der Waals surface area contributed by atoms with Crippen LogP contribution < -0.4 is 0 Å². The van der Waals surface area contributed by atoms with Crippen molar-refractivity contribution in [2.75, 3.05) is 6.54 Å². The summed E-state index contributed by atoms with van der Waals surface area (Å²) in [6.07, 6.45) is -3.41. The second kappa shape index (κ2) is 6.44. The van der Waals surface area contributed by atoms with Gasteiger partial charge in [0.2, 0.25) is 0 Å². The van der Waals surface area contributed by atoms with E-state index in [-0.39, 0.29) is 17.0 Å². The Morgan fingerprint density at radius 1 is 1.46 bits per heavy atom. The normalized spacial score (nSPS) is 23.4. The highest BCUT2D eigenvalue weighted by atomic mass is 35.5. The molecule has 134 valence electrons. The van der Waals surface area contributed by atoms with Gasteiger partial charge in [0.15, 0.2) is 0 Å². The van der Waals surface area contributed by atoms with Gasteiger partial charge < -0.3 is 9.84 Å². The topological polar surface area (TPSA) is 49.8 Å². The first-order valence-corrected chi connectivity index (χ1v) is 7.78. The van der Waals surface area contributed by atoms with E-state index in [0.717, 1.165) is 4.90 Å². The summed E-state index contributed by atoms with van der Waals surface area (Å²) in [5.74, 6) is -4.26. The van der Waals surface area contributed by atoms with Crippen LogP contribution in [0, 0.1) is 5.82 Å². The Bertz CT molecular complexity index is 633. The van der Waals surface area contributed by atoms with E-state index in [1.165, 1.54) is 18.2 Å². The molecule has 1 amide bonds. The molecule has 2 unspecified atom stereocenters. The van der Waals surface area contributed by atoms with Crippen LogP contribution in [0.2, 0.25) is 5.02 Å². The van der Waals surface area contributed by atoms with Crippen molar-refractivity contribution in [3.8, 4) is 0 Å². The Hall–Kier alpha value is -1.47. The molecule has 0 radical (unpaired) electrons. The number of hydrogen-bond acceptors (Lipinski definition) is 3. The minimum atomic E-state index is -3.50. The maximum Gasteiger partial charge on any atom is 0.410 e. The van der Waals surface area contributed by atoms with E-state index in [0.29, 0.717) is 0 Å². The molecule has 1 aromatic rings. The molecule has 1 N–H and O–H groups in total. The minimum absolute atomic E-state index is 0.0396. The third-order valence-corrected chi connectivity index (χ3v) is 3.96. The molecule has 1 aliphatic heterocycles. The lowest BCUT2D eigenvalue weighted by molar-refractivity contribution is -0.0807. The first-order valence-electron chi connectivity index (χ1n) is 7.41. The van der Waals surface area contributed by atoms with Gasteiger partial charge in [-0.05, 0) is 38.8 Å². The predicted molar refractivity (Wildman–Crippen MR) is 82.8 cm³/mol. The number of benzene rings is 1. The van der Waals surface area contributed by atoms with E-state index in [1.807, 2.05) is 0 Å². The lowest BCUT2D eigenvalue weighted by Crippen LogP contribution is -2.44. The Labute approximate surface area is 143 Å². The van der Waals surface area contributed by atoms with Crippen molar-refractivity contribution in [3.05, 3.63) is 34.6 Å². The summed E-state index contributed by atoms with van der Waals surface area (Å²) in [5.41, 5.74) is -0.844. The summed E-state index contributed by atoms with van der Waals surface area (Å²) in [7, 11) is 0. The molecule has 1 aromatic carbocycles. The van der Waals surface area contributed by atoms with Crippen LogP contribution in [0.1, 0.15) is 26.3 Å². The Kier molecular flexibility index (Phi) is 5.06. The lowest BCUT2D eigenvalue weighted by Gasteiger charge is -2.29. The van der Waals surface area contributed by atoms with Gasteiger partial charge >= 0.3 is 6.09 Å². The number of nitrogens with zero attached hydrogens (tertiary/aromatic N) is 1. The van der Waals surface area contributed by atoms with E-state index >= 15 is 0 Å². The zero-order valence-corrected chi connectivity index (χ0v) is 14.3. The van der Waals surface area contributed by atoms with Gasteiger partial charge in [0.05, 0.1) is 17.6 Å². The van der Waals surface area contributed by atoms with Gasteiger partial charge in [-0.2, -0.15) is 0 Å². The third-order valence-electron chi connectivity index (χ3n) is 3.67. The molecule has 8 heteroatoms. The maximum atomic E-state index is 14.0. The Morgan fingerprint density at radius 3 is 2.67 bits per heavy atom. The first-order chi connectivity index (χ1) is 10.9. The number of carbonyl (C=O) groups is 1.